The molecule has 166 valence electrons. The van der Waals surface area contributed by atoms with Gasteiger partial charge in [0, 0.05) is 36.6 Å². The molecule has 0 amide bonds. The zero-order chi connectivity index (χ0) is 22.1. The number of ether oxygens (including phenoxy) is 1. The summed E-state index contributed by atoms with van der Waals surface area (Å²) in [6.07, 6.45) is 12.0. The van der Waals surface area contributed by atoms with E-state index in [-0.39, 0.29) is 0 Å². The van der Waals surface area contributed by atoms with E-state index in [4.69, 9.17) is 14.7 Å². The molecule has 0 saturated heterocycles. The Balaban J connectivity index is 1.58. The lowest BCUT2D eigenvalue weighted by atomic mass is 9.95. The molecular weight excluding hydrogens is 402 g/mol. The van der Waals surface area contributed by atoms with Gasteiger partial charge in [0.15, 0.2) is 0 Å². The molecule has 0 spiro atoms. The van der Waals surface area contributed by atoms with Gasteiger partial charge in [-0.05, 0) is 37.5 Å². The molecule has 8 heteroatoms. The standard InChI is InChI=1S/C24H29N7O/c1-15-9-10-19(20(11-15)32-3)28-24-29-22-21(18(13-25-22)16-12-26-31(2)14-16)23(30-24)27-17-7-5-4-6-8-17/h9-14,17H,4-8H2,1-3H3,(H3,25,27,28,29,30). The smallest absolute Gasteiger partial charge is 0.231 e. The maximum absolute atomic E-state index is 5.55. The molecule has 3 N–H and O–H groups in total. The summed E-state index contributed by atoms with van der Waals surface area (Å²) < 4.78 is 7.36. The summed E-state index contributed by atoms with van der Waals surface area (Å²) in [7, 11) is 3.60. The maximum atomic E-state index is 5.55. The van der Waals surface area contributed by atoms with Crippen LogP contribution in [0.2, 0.25) is 0 Å². The molecule has 3 heterocycles. The lowest BCUT2D eigenvalue weighted by Crippen LogP contribution is -2.23. The summed E-state index contributed by atoms with van der Waals surface area (Å²) in [5, 5.41) is 12.4. The molecule has 4 aromatic rings. The topological polar surface area (TPSA) is 92.7 Å². The predicted molar refractivity (Wildman–Crippen MR) is 128 cm³/mol. The fraction of sp³-hybridized carbons (Fsp3) is 0.375. The third-order valence-electron chi connectivity index (χ3n) is 6.10. The van der Waals surface area contributed by atoms with Crippen LogP contribution in [0, 0.1) is 6.92 Å². The highest BCUT2D eigenvalue weighted by molar-refractivity contribution is 6.01. The highest BCUT2D eigenvalue weighted by atomic mass is 16.5. The molecule has 0 unspecified atom stereocenters. The number of rotatable bonds is 6. The fourth-order valence-electron chi connectivity index (χ4n) is 4.44. The second-order valence-electron chi connectivity index (χ2n) is 8.53. The molecule has 8 nitrogen and oxygen atoms in total. The minimum Gasteiger partial charge on any atom is -0.495 e. The summed E-state index contributed by atoms with van der Waals surface area (Å²) in [5.41, 5.74) is 4.83. The van der Waals surface area contributed by atoms with Gasteiger partial charge in [0.05, 0.1) is 24.4 Å². The van der Waals surface area contributed by atoms with E-state index < -0.39 is 0 Å². The summed E-state index contributed by atoms with van der Waals surface area (Å²) in [5.74, 6) is 2.13. The number of nitrogens with one attached hydrogen (secondary N) is 3. The van der Waals surface area contributed by atoms with Crippen LogP contribution in [0.4, 0.5) is 17.5 Å². The molecule has 0 atom stereocenters. The molecule has 0 aliphatic heterocycles. The van der Waals surface area contributed by atoms with Crippen molar-refractivity contribution in [1.82, 2.24) is 24.7 Å². The summed E-state index contributed by atoms with van der Waals surface area (Å²) in [4.78, 5) is 13.0. The third kappa shape index (κ3) is 4.00. The van der Waals surface area contributed by atoms with Crippen molar-refractivity contribution >= 4 is 28.5 Å². The first-order chi connectivity index (χ1) is 15.6. The van der Waals surface area contributed by atoms with E-state index in [2.05, 4.69) is 20.7 Å². The number of hydrogen-bond donors (Lipinski definition) is 3. The molecule has 1 aromatic carbocycles. The SMILES string of the molecule is COc1cc(C)ccc1Nc1nc(NC2CCCCC2)c2c(-c3cnn(C)c3)c[nH]c2n1. The van der Waals surface area contributed by atoms with Gasteiger partial charge in [0.2, 0.25) is 5.95 Å². The number of aryl methyl sites for hydroxylation is 2. The van der Waals surface area contributed by atoms with E-state index >= 15 is 0 Å². The Morgan fingerprint density at radius 3 is 2.75 bits per heavy atom. The molecule has 1 saturated carbocycles. The van der Waals surface area contributed by atoms with Crippen LogP contribution in [-0.4, -0.2) is 37.9 Å². The van der Waals surface area contributed by atoms with Crippen molar-refractivity contribution in [2.75, 3.05) is 17.7 Å². The Hall–Kier alpha value is -3.55. The molecule has 0 bridgehead atoms. The Kier molecular flexibility index (Phi) is 5.43. The van der Waals surface area contributed by atoms with Crippen LogP contribution in [0.15, 0.2) is 36.8 Å². The van der Waals surface area contributed by atoms with Gasteiger partial charge in [-0.1, -0.05) is 25.3 Å². The monoisotopic (exact) mass is 431 g/mol. The molecule has 5 rings (SSSR count). The van der Waals surface area contributed by atoms with E-state index in [0.29, 0.717) is 12.0 Å². The highest BCUT2D eigenvalue weighted by Gasteiger charge is 2.20. The minimum absolute atomic E-state index is 0.417. The first-order valence-corrected chi connectivity index (χ1v) is 11.2. The van der Waals surface area contributed by atoms with Crippen molar-refractivity contribution in [1.29, 1.82) is 0 Å². The number of aromatic nitrogens is 5. The molecule has 3 aromatic heterocycles. The Morgan fingerprint density at radius 1 is 1.16 bits per heavy atom. The highest BCUT2D eigenvalue weighted by Crippen LogP contribution is 2.35. The first-order valence-electron chi connectivity index (χ1n) is 11.2. The van der Waals surface area contributed by atoms with E-state index in [1.54, 1.807) is 7.11 Å². The maximum Gasteiger partial charge on any atom is 0.231 e. The van der Waals surface area contributed by atoms with Gasteiger partial charge in [-0.15, -0.1) is 0 Å². The third-order valence-corrected chi connectivity index (χ3v) is 6.10. The van der Waals surface area contributed by atoms with Crippen LogP contribution in [0.25, 0.3) is 22.2 Å². The van der Waals surface area contributed by atoms with Crippen molar-refractivity contribution in [2.45, 2.75) is 45.1 Å². The van der Waals surface area contributed by atoms with Gasteiger partial charge < -0.3 is 20.4 Å². The number of hydrogen-bond acceptors (Lipinski definition) is 6. The van der Waals surface area contributed by atoms with Crippen LogP contribution in [0.5, 0.6) is 5.75 Å². The van der Waals surface area contributed by atoms with E-state index in [0.717, 1.165) is 57.8 Å². The van der Waals surface area contributed by atoms with Crippen LogP contribution >= 0.6 is 0 Å². The lowest BCUT2D eigenvalue weighted by molar-refractivity contribution is 0.416. The normalized spacial score (nSPS) is 14.6. The van der Waals surface area contributed by atoms with Gasteiger partial charge in [-0.3, -0.25) is 4.68 Å². The minimum atomic E-state index is 0.417. The van der Waals surface area contributed by atoms with Crippen LogP contribution in [0.1, 0.15) is 37.7 Å². The molecule has 32 heavy (non-hydrogen) atoms. The fourth-order valence-corrected chi connectivity index (χ4v) is 4.44. The molecule has 1 aliphatic carbocycles. The molecule has 1 aliphatic rings. The largest absolute Gasteiger partial charge is 0.495 e. The Morgan fingerprint density at radius 2 is 2.00 bits per heavy atom. The van der Waals surface area contributed by atoms with Gasteiger partial charge in [0.1, 0.15) is 17.2 Å². The van der Waals surface area contributed by atoms with E-state index in [1.165, 1.54) is 19.3 Å². The van der Waals surface area contributed by atoms with Gasteiger partial charge in [-0.2, -0.15) is 15.1 Å². The van der Waals surface area contributed by atoms with Crippen LogP contribution in [-0.2, 0) is 7.05 Å². The number of nitrogens with zero attached hydrogens (tertiary/aromatic N) is 4. The molecule has 0 radical (unpaired) electrons. The second-order valence-corrected chi connectivity index (χ2v) is 8.53. The van der Waals surface area contributed by atoms with Crippen molar-refractivity contribution in [3.63, 3.8) is 0 Å². The summed E-state index contributed by atoms with van der Waals surface area (Å²) >= 11 is 0. The zero-order valence-electron chi connectivity index (χ0n) is 18.8. The summed E-state index contributed by atoms with van der Waals surface area (Å²) in [6.45, 7) is 2.04. The van der Waals surface area contributed by atoms with Gasteiger partial charge in [0.25, 0.3) is 0 Å². The second kappa shape index (κ2) is 8.53. The van der Waals surface area contributed by atoms with Gasteiger partial charge >= 0.3 is 0 Å². The van der Waals surface area contributed by atoms with Gasteiger partial charge in [-0.25, -0.2) is 0 Å². The number of H-pyrrole nitrogens is 1. The Labute approximate surface area is 187 Å². The number of methoxy groups -OCH3 is 1. The number of fused-ring (bicyclic) bond motifs is 1. The van der Waals surface area contributed by atoms with Crippen molar-refractivity contribution in [3.8, 4) is 16.9 Å². The van der Waals surface area contributed by atoms with E-state index in [1.807, 2.05) is 55.4 Å². The zero-order valence-corrected chi connectivity index (χ0v) is 18.8. The van der Waals surface area contributed by atoms with Crippen molar-refractivity contribution < 1.29 is 4.74 Å². The molecular formula is C24H29N7O. The summed E-state index contributed by atoms with van der Waals surface area (Å²) in [6, 6.07) is 6.45. The van der Waals surface area contributed by atoms with Crippen molar-refractivity contribution in [3.05, 3.63) is 42.4 Å². The van der Waals surface area contributed by atoms with E-state index in [9.17, 15) is 0 Å². The molecule has 1 fully saturated rings. The quantitative estimate of drug-likeness (QED) is 0.390. The predicted octanol–water partition coefficient (Wildman–Crippen LogP) is 5.16. The number of benzene rings is 1. The van der Waals surface area contributed by atoms with Crippen LogP contribution in [0.3, 0.4) is 0 Å². The first kappa shape index (κ1) is 20.4. The van der Waals surface area contributed by atoms with Crippen LogP contribution < -0.4 is 15.4 Å². The number of aromatic amines is 1. The number of anilines is 3. The van der Waals surface area contributed by atoms with Crippen molar-refractivity contribution in [2.24, 2.45) is 7.05 Å². The lowest BCUT2D eigenvalue weighted by Gasteiger charge is -2.24. The average molecular weight is 432 g/mol. The average Bonchev–Trinajstić information content (AvgIpc) is 3.42. The Bertz CT molecular complexity index is 1240.